The Morgan fingerprint density at radius 2 is 2.04 bits per heavy atom. The van der Waals surface area contributed by atoms with E-state index in [1.807, 2.05) is 13.8 Å². The largest absolute Gasteiger partial charge is 0.477 e. The van der Waals surface area contributed by atoms with Gasteiger partial charge in [-0.1, -0.05) is 13.8 Å². The van der Waals surface area contributed by atoms with Crippen molar-refractivity contribution in [2.24, 2.45) is 13.0 Å². The van der Waals surface area contributed by atoms with Gasteiger partial charge in [-0.15, -0.1) is 5.10 Å². The van der Waals surface area contributed by atoms with Crippen LogP contribution in [-0.4, -0.2) is 57.6 Å². The molecule has 2 rings (SSSR count). The highest BCUT2D eigenvalue weighted by atomic mass is 16.6. The second-order valence-corrected chi connectivity index (χ2v) is 6.07. The predicted octanol–water partition coefficient (Wildman–Crippen LogP) is 1.75. The number of ether oxygens (including phenoxy) is 2. The fourth-order valence-corrected chi connectivity index (χ4v) is 2.35. The average molecular weight is 325 g/mol. The first-order valence-corrected chi connectivity index (χ1v) is 7.72. The van der Waals surface area contributed by atoms with Gasteiger partial charge in [-0.25, -0.2) is 9.59 Å². The molecule has 0 atom stereocenters. The molecule has 0 radical (unpaired) electrons. The Bertz CT molecular complexity index is 561. The van der Waals surface area contributed by atoms with Crippen LogP contribution in [0, 0.1) is 5.92 Å². The van der Waals surface area contributed by atoms with Crippen LogP contribution in [0.2, 0.25) is 0 Å². The Balaban J connectivity index is 1.82. The molecule has 0 saturated carbocycles. The van der Waals surface area contributed by atoms with Gasteiger partial charge in [-0.05, 0) is 5.92 Å². The lowest BCUT2D eigenvalue weighted by Crippen LogP contribution is -2.42. The average Bonchev–Trinajstić information content (AvgIpc) is 2.86. The number of aryl methyl sites for hydroxylation is 1. The van der Waals surface area contributed by atoms with Crippen molar-refractivity contribution in [3.8, 4) is 5.88 Å². The lowest BCUT2D eigenvalue weighted by Gasteiger charge is -2.31. The molecular formula is C15H23N3O5. The van der Waals surface area contributed by atoms with Crippen LogP contribution in [0.1, 0.15) is 37.2 Å². The van der Waals surface area contributed by atoms with E-state index in [9.17, 15) is 9.59 Å². The van der Waals surface area contributed by atoms with Crippen LogP contribution >= 0.6 is 0 Å². The van der Waals surface area contributed by atoms with Gasteiger partial charge >= 0.3 is 12.1 Å². The van der Waals surface area contributed by atoms with Crippen molar-refractivity contribution < 1.29 is 24.2 Å². The van der Waals surface area contributed by atoms with Crippen molar-refractivity contribution in [1.29, 1.82) is 0 Å². The van der Waals surface area contributed by atoms with Gasteiger partial charge in [0.05, 0.1) is 6.61 Å². The van der Waals surface area contributed by atoms with Gasteiger partial charge in [0.25, 0.3) is 0 Å². The third kappa shape index (κ3) is 4.61. The molecule has 1 saturated heterocycles. The molecule has 0 aromatic carbocycles. The number of amides is 1. The second-order valence-electron chi connectivity index (χ2n) is 6.07. The Morgan fingerprint density at radius 3 is 2.57 bits per heavy atom. The molecule has 0 aliphatic carbocycles. The fourth-order valence-electron chi connectivity index (χ4n) is 2.35. The van der Waals surface area contributed by atoms with E-state index >= 15 is 0 Å². The monoisotopic (exact) mass is 325 g/mol. The van der Waals surface area contributed by atoms with Crippen molar-refractivity contribution in [2.75, 3.05) is 19.7 Å². The third-order valence-corrected chi connectivity index (χ3v) is 3.60. The van der Waals surface area contributed by atoms with Crippen molar-refractivity contribution in [3.63, 3.8) is 0 Å². The lowest BCUT2D eigenvalue weighted by molar-refractivity contribution is 0.0603. The highest BCUT2D eigenvalue weighted by Crippen LogP contribution is 2.19. The molecule has 1 amide bonds. The molecule has 8 nitrogen and oxygen atoms in total. The van der Waals surface area contributed by atoms with E-state index in [1.165, 1.54) is 10.7 Å². The minimum atomic E-state index is -1.04. The van der Waals surface area contributed by atoms with Crippen molar-refractivity contribution in [1.82, 2.24) is 14.7 Å². The minimum absolute atomic E-state index is 0.0784. The van der Waals surface area contributed by atoms with Gasteiger partial charge in [0.15, 0.2) is 0 Å². The van der Waals surface area contributed by atoms with E-state index in [2.05, 4.69) is 5.10 Å². The van der Waals surface area contributed by atoms with Crippen LogP contribution in [-0.2, 0) is 11.8 Å². The third-order valence-electron chi connectivity index (χ3n) is 3.60. The van der Waals surface area contributed by atoms with Gasteiger partial charge in [0.2, 0.25) is 5.88 Å². The molecule has 1 aromatic heterocycles. The Hall–Kier alpha value is -2.25. The number of rotatable bonds is 5. The number of hydrogen-bond donors (Lipinski definition) is 1. The minimum Gasteiger partial charge on any atom is -0.477 e. The summed E-state index contributed by atoms with van der Waals surface area (Å²) in [5, 5.41) is 13.0. The normalized spacial score (nSPS) is 15.7. The maximum Gasteiger partial charge on any atom is 0.409 e. The number of aromatic nitrogens is 2. The van der Waals surface area contributed by atoms with E-state index in [1.54, 1.807) is 11.9 Å². The Morgan fingerprint density at radius 1 is 1.39 bits per heavy atom. The number of carbonyl (C=O) groups is 2. The molecule has 128 valence electrons. The number of hydrogen-bond acceptors (Lipinski definition) is 5. The van der Waals surface area contributed by atoms with Crippen molar-refractivity contribution >= 4 is 12.1 Å². The predicted molar refractivity (Wildman–Crippen MR) is 81.6 cm³/mol. The Labute approximate surface area is 135 Å². The van der Waals surface area contributed by atoms with Crippen LogP contribution in [0.4, 0.5) is 4.79 Å². The van der Waals surface area contributed by atoms with Crippen molar-refractivity contribution in [3.05, 3.63) is 11.8 Å². The van der Waals surface area contributed by atoms with E-state index in [4.69, 9.17) is 14.6 Å². The van der Waals surface area contributed by atoms with Crippen molar-refractivity contribution in [2.45, 2.75) is 32.8 Å². The summed E-state index contributed by atoms with van der Waals surface area (Å²) in [6.07, 6.45) is 0.953. The van der Waals surface area contributed by atoms with E-state index in [0.29, 0.717) is 44.3 Å². The first-order chi connectivity index (χ1) is 10.9. The maximum atomic E-state index is 11.9. The van der Waals surface area contributed by atoms with E-state index < -0.39 is 5.97 Å². The van der Waals surface area contributed by atoms with Crippen LogP contribution in [0.3, 0.4) is 0 Å². The second kappa shape index (κ2) is 7.34. The quantitative estimate of drug-likeness (QED) is 0.886. The number of aromatic carboxylic acids is 1. The zero-order chi connectivity index (χ0) is 17.0. The summed E-state index contributed by atoms with van der Waals surface area (Å²) >= 11 is 0. The fraction of sp³-hybridized carbons (Fsp3) is 0.667. The standard InChI is InChI=1S/C15H23N3O5/c1-10(2)9-22-15(21)18-6-4-11(5-7-18)23-13-8-12(14(19)20)17(3)16-13/h8,10-11H,4-7,9H2,1-3H3,(H,19,20). The molecule has 0 bridgehead atoms. The zero-order valence-corrected chi connectivity index (χ0v) is 13.7. The molecule has 0 spiro atoms. The van der Waals surface area contributed by atoms with E-state index in [0.717, 1.165) is 0 Å². The van der Waals surface area contributed by atoms with Crippen LogP contribution in [0.15, 0.2) is 6.07 Å². The summed E-state index contributed by atoms with van der Waals surface area (Å²) in [5.41, 5.74) is 0.0784. The molecular weight excluding hydrogens is 302 g/mol. The van der Waals surface area contributed by atoms with Gasteiger partial charge in [0.1, 0.15) is 11.8 Å². The molecule has 23 heavy (non-hydrogen) atoms. The molecule has 0 unspecified atom stereocenters. The summed E-state index contributed by atoms with van der Waals surface area (Å²) in [4.78, 5) is 24.5. The first kappa shape index (κ1) is 17.1. The number of carboxylic acid groups (broad SMARTS) is 1. The topological polar surface area (TPSA) is 93.9 Å². The first-order valence-electron chi connectivity index (χ1n) is 7.72. The van der Waals surface area contributed by atoms with Gasteiger partial charge < -0.3 is 19.5 Å². The lowest BCUT2D eigenvalue weighted by atomic mass is 10.1. The number of likely N-dealkylation sites (tertiary alicyclic amines) is 1. The zero-order valence-electron chi connectivity index (χ0n) is 13.7. The summed E-state index contributed by atoms with van der Waals surface area (Å²) in [6, 6.07) is 1.41. The number of carboxylic acids is 1. The van der Waals surface area contributed by atoms with Crippen LogP contribution in [0.5, 0.6) is 5.88 Å². The molecule has 1 aliphatic rings. The van der Waals surface area contributed by atoms with Gasteiger partial charge in [-0.2, -0.15) is 0 Å². The van der Waals surface area contributed by atoms with Crippen LogP contribution < -0.4 is 4.74 Å². The van der Waals surface area contributed by atoms with Gasteiger partial charge in [-0.3, -0.25) is 4.68 Å². The summed E-state index contributed by atoms with van der Waals surface area (Å²) in [7, 11) is 1.56. The number of carbonyl (C=O) groups excluding carboxylic acids is 1. The van der Waals surface area contributed by atoms with Crippen LogP contribution in [0.25, 0.3) is 0 Å². The molecule has 1 aliphatic heterocycles. The van der Waals surface area contributed by atoms with E-state index in [-0.39, 0.29) is 17.9 Å². The highest BCUT2D eigenvalue weighted by Gasteiger charge is 2.26. The smallest absolute Gasteiger partial charge is 0.409 e. The molecule has 2 heterocycles. The molecule has 1 fully saturated rings. The highest BCUT2D eigenvalue weighted by molar-refractivity contribution is 5.85. The molecule has 1 N–H and O–H groups in total. The SMILES string of the molecule is CC(C)COC(=O)N1CCC(Oc2cc(C(=O)O)n(C)n2)CC1. The summed E-state index contributed by atoms with van der Waals surface area (Å²) in [6.45, 7) is 5.51. The molecule has 8 heteroatoms. The number of piperidine rings is 1. The maximum absolute atomic E-state index is 11.9. The number of nitrogens with zero attached hydrogens (tertiary/aromatic N) is 3. The Kier molecular flexibility index (Phi) is 5.46. The van der Waals surface area contributed by atoms with Gasteiger partial charge in [0, 0.05) is 39.0 Å². The summed E-state index contributed by atoms with van der Waals surface area (Å²) in [5.74, 6) is -0.435. The molecule has 1 aromatic rings. The summed E-state index contributed by atoms with van der Waals surface area (Å²) < 4.78 is 12.2.